The third-order valence-corrected chi connectivity index (χ3v) is 4.39. The summed E-state index contributed by atoms with van der Waals surface area (Å²) >= 11 is 1.43. The number of benzene rings is 1. The van der Waals surface area contributed by atoms with Crippen LogP contribution in [0.15, 0.2) is 23.6 Å². The Morgan fingerprint density at radius 3 is 2.69 bits per heavy atom. The molecule has 1 aromatic carbocycles. The van der Waals surface area contributed by atoms with Crippen LogP contribution in [0.2, 0.25) is 0 Å². The predicted molar refractivity (Wildman–Crippen MR) is 102 cm³/mol. The van der Waals surface area contributed by atoms with Gasteiger partial charge in [-0.3, -0.25) is 4.79 Å². The van der Waals surface area contributed by atoms with E-state index in [-0.39, 0.29) is 12.5 Å². The third kappa shape index (κ3) is 5.07. The maximum absolute atomic E-state index is 11.7. The van der Waals surface area contributed by atoms with Crippen molar-refractivity contribution in [2.75, 3.05) is 27.3 Å². The van der Waals surface area contributed by atoms with E-state index in [9.17, 15) is 10.1 Å². The van der Waals surface area contributed by atoms with E-state index in [0.29, 0.717) is 28.7 Å². The van der Waals surface area contributed by atoms with Crippen molar-refractivity contribution in [1.29, 1.82) is 5.26 Å². The molecule has 2 rings (SSSR count). The number of carbonyl (C=O) groups is 1. The highest BCUT2D eigenvalue weighted by molar-refractivity contribution is 7.11. The number of aryl methyl sites for hydroxylation is 1. The van der Waals surface area contributed by atoms with Crippen LogP contribution in [0.4, 0.5) is 0 Å². The van der Waals surface area contributed by atoms with Crippen LogP contribution in [-0.2, 0) is 4.79 Å². The van der Waals surface area contributed by atoms with E-state index >= 15 is 0 Å². The maximum Gasteiger partial charge on any atom is 0.259 e. The molecule has 0 saturated carbocycles. The second kappa shape index (κ2) is 9.02. The van der Waals surface area contributed by atoms with Crippen LogP contribution in [0.5, 0.6) is 11.5 Å². The standard InChI is InChI=1S/C19H21N3O3S/c1-5-24-17-9-14(6-7-16(17)25-11-18(23)22(3)4)8-15(10-20)19-21-13(2)12-26-19/h6-9,12H,5,11H2,1-4H3/b15-8+. The topological polar surface area (TPSA) is 75.5 Å². The van der Waals surface area contributed by atoms with E-state index in [1.807, 2.05) is 25.3 Å². The van der Waals surface area contributed by atoms with E-state index in [2.05, 4.69) is 11.1 Å². The fourth-order valence-electron chi connectivity index (χ4n) is 2.06. The fraction of sp³-hybridized carbons (Fsp3) is 0.316. The Bertz CT molecular complexity index is 850. The number of hydrogen-bond acceptors (Lipinski definition) is 6. The summed E-state index contributed by atoms with van der Waals surface area (Å²) in [6.07, 6.45) is 1.76. The van der Waals surface area contributed by atoms with Crippen LogP contribution in [0.25, 0.3) is 11.6 Å². The van der Waals surface area contributed by atoms with E-state index in [4.69, 9.17) is 9.47 Å². The highest BCUT2D eigenvalue weighted by atomic mass is 32.1. The molecule has 1 heterocycles. The predicted octanol–water partition coefficient (Wildman–Crippen LogP) is 3.38. The van der Waals surface area contributed by atoms with Gasteiger partial charge in [0.05, 0.1) is 12.2 Å². The zero-order chi connectivity index (χ0) is 19.1. The van der Waals surface area contributed by atoms with E-state index < -0.39 is 0 Å². The lowest BCUT2D eigenvalue weighted by Crippen LogP contribution is -2.27. The first-order chi connectivity index (χ1) is 12.4. The Hall–Kier alpha value is -2.85. The number of amides is 1. The lowest BCUT2D eigenvalue weighted by molar-refractivity contribution is -0.130. The molecule has 0 aliphatic carbocycles. The molecular formula is C19H21N3O3S. The molecule has 0 aliphatic heterocycles. The smallest absolute Gasteiger partial charge is 0.259 e. The molecule has 0 radical (unpaired) electrons. The van der Waals surface area contributed by atoms with E-state index in [1.165, 1.54) is 16.2 Å². The van der Waals surface area contributed by atoms with E-state index in [0.717, 1.165) is 11.3 Å². The van der Waals surface area contributed by atoms with Gasteiger partial charge in [-0.2, -0.15) is 5.26 Å². The summed E-state index contributed by atoms with van der Waals surface area (Å²) < 4.78 is 11.2. The van der Waals surface area contributed by atoms with Crippen LogP contribution >= 0.6 is 11.3 Å². The van der Waals surface area contributed by atoms with Crippen LogP contribution in [-0.4, -0.2) is 43.1 Å². The van der Waals surface area contributed by atoms with Crippen molar-refractivity contribution in [3.8, 4) is 17.6 Å². The summed E-state index contributed by atoms with van der Waals surface area (Å²) in [7, 11) is 3.35. The lowest BCUT2D eigenvalue weighted by Gasteiger charge is -2.14. The number of carbonyl (C=O) groups excluding carboxylic acids is 1. The first-order valence-corrected chi connectivity index (χ1v) is 8.96. The van der Waals surface area contributed by atoms with Gasteiger partial charge in [-0.1, -0.05) is 6.07 Å². The van der Waals surface area contributed by atoms with Gasteiger partial charge in [-0.05, 0) is 37.6 Å². The minimum atomic E-state index is -0.137. The molecule has 1 amide bonds. The minimum Gasteiger partial charge on any atom is -0.490 e. The number of nitrogens with zero attached hydrogens (tertiary/aromatic N) is 3. The third-order valence-electron chi connectivity index (χ3n) is 3.40. The van der Waals surface area contributed by atoms with Gasteiger partial charge in [-0.15, -0.1) is 11.3 Å². The Morgan fingerprint density at radius 1 is 1.35 bits per heavy atom. The summed E-state index contributed by atoms with van der Waals surface area (Å²) in [5, 5.41) is 12.0. The van der Waals surface area contributed by atoms with Crippen molar-refractivity contribution in [2.24, 2.45) is 0 Å². The Balaban J connectivity index is 2.27. The van der Waals surface area contributed by atoms with Gasteiger partial charge in [-0.25, -0.2) is 4.98 Å². The molecule has 0 atom stereocenters. The van der Waals surface area contributed by atoms with Crippen LogP contribution in [0, 0.1) is 18.3 Å². The summed E-state index contributed by atoms with van der Waals surface area (Å²) in [4.78, 5) is 17.5. The quantitative estimate of drug-likeness (QED) is 0.698. The Labute approximate surface area is 157 Å². The number of thiazole rings is 1. The van der Waals surface area contributed by atoms with Crippen LogP contribution < -0.4 is 9.47 Å². The van der Waals surface area contributed by atoms with Gasteiger partial charge in [0.15, 0.2) is 18.1 Å². The van der Waals surface area contributed by atoms with Crippen molar-refractivity contribution in [2.45, 2.75) is 13.8 Å². The Kier molecular flexibility index (Phi) is 6.75. The number of rotatable bonds is 7. The van der Waals surface area contributed by atoms with Gasteiger partial charge < -0.3 is 14.4 Å². The molecule has 0 saturated heterocycles. The normalized spacial score (nSPS) is 11.0. The number of allylic oxidation sites excluding steroid dienone is 1. The van der Waals surface area contributed by atoms with Crippen molar-refractivity contribution in [3.05, 3.63) is 39.8 Å². The van der Waals surface area contributed by atoms with Gasteiger partial charge in [0.1, 0.15) is 11.1 Å². The fourth-order valence-corrected chi connectivity index (χ4v) is 2.82. The lowest BCUT2D eigenvalue weighted by atomic mass is 10.1. The average Bonchev–Trinajstić information content (AvgIpc) is 3.05. The van der Waals surface area contributed by atoms with Gasteiger partial charge >= 0.3 is 0 Å². The molecule has 0 spiro atoms. The molecule has 0 aliphatic rings. The molecular weight excluding hydrogens is 350 g/mol. The minimum absolute atomic E-state index is 0.0654. The first kappa shape index (κ1) is 19.5. The second-order valence-electron chi connectivity index (χ2n) is 5.68. The molecule has 26 heavy (non-hydrogen) atoms. The van der Waals surface area contributed by atoms with Gasteiger partial charge in [0.25, 0.3) is 5.91 Å². The Morgan fingerprint density at radius 2 is 2.12 bits per heavy atom. The molecule has 0 N–H and O–H groups in total. The summed E-state index contributed by atoms with van der Waals surface area (Å²) in [6, 6.07) is 7.53. The SMILES string of the molecule is CCOc1cc(/C=C(\C#N)c2nc(C)cs2)ccc1OCC(=O)N(C)C. The summed E-state index contributed by atoms with van der Waals surface area (Å²) in [5.74, 6) is 0.880. The zero-order valence-electron chi connectivity index (χ0n) is 15.3. The second-order valence-corrected chi connectivity index (χ2v) is 6.54. The molecule has 136 valence electrons. The maximum atomic E-state index is 11.7. The summed E-state index contributed by atoms with van der Waals surface area (Å²) in [6.45, 7) is 4.16. The van der Waals surface area contributed by atoms with Crippen LogP contribution in [0.3, 0.4) is 0 Å². The first-order valence-electron chi connectivity index (χ1n) is 8.08. The van der Waals surface area contributed by atoms with Crippen molar-refractivity contribution in [1.82, 2.24) is 9.88 Å². The largest absolute Gasteiger partial charge is 0.490 e. The van der Waals surface area contributed by atoms with Crippen molar-refractivity contribution in [3.63, 3.8) is 0 Å². The number of ether oxygens (including phenoxy) is 2. The monoisotopic (exact) mass is 371 g/mol. The number of hydrogen-bond donors (Lipinski definition) is 0. The number of nitriles is 1. The van der Waals surface area contributed by atoms with Gasteiger partial charge in [0.2, 0.25) is 0 Å². The molecule has 2 aromatic rings. The van der Waals surface area contributed by atoms with Crippen LogP contribution in [0.1, 0.15) is 23.2 Å². The highest BCUT2D eigenvalue weighted by Crippen LogP contribution is 2.30. The molecule has 7 heteroatoms. The molecule has 6 nitrogen and oxygen atoms in total. The number of aromatic nitrogens is 1. The highest BCUT2D eigenvalue weighted by Gasteiger charge is 2.11. The van der Waals surface area contributed by atoms with Crippen molar-refractivity contribution >= 4 is 28.9 Å². The number of likely N-dealkylation sites (N-methyl/N-ethyl adjacent to an activating group) is 1. The average molecular weight is 371 g/mol. The van der Waals surface area contributed by atoms with Crippen molar-refractivity contribution < 1.29 is 14.3 Å². The summed E-state index contributed by atoms with van der Waals surface area (Å²) in [5.41, 5.74) is 2.17. The molecule has 1 aromatic heterocycles. The molecule has 0 fully saturated rings. The molecule has 0 bridgehead atoms. The van der Waals surface area contributed by atoms with Gasteiger partial charge in [0, 0.05) is 25.2 Å². The zero-order valence-corrected chi connectivity index (χ0v) is 16.1. The molecule has 0 unspecified atom stereocenters. The van der Waals surface area contributed by atoms with E-state index in [1.54, 1.807) is 32.3 Å².